The molecule has 0 aliphatic rings. The molecule has 0 bridgehead atoms. The van der Waals surface area contributed by atoms with E-state index in [4.69, 9.17) is 0 Å². The molecular weight excluding hydrogens is 116 g/mol. The predicted molar refractivity (Wildman–Crippen MR) is 34.4 cm³/mol. The largest absolute Gasteiger partial charge is 0.454 e. The van der Waals surface area contributed by atoms with Crippen molar-refractivity contribution >= 4 is 5.97 Å². The van der Waals surface area contributed by atoms with Gasteiger partial charge in [-0.25, -0.2) is 0 Å². The molecule has 1 unspecified atom stereocenters. The molecule has 0 aromatic carbocycles. The van der Waals surface area contributed by atoms with E-state index in [2.05, 4.69) is 11.8 Å². The van der Waals surface area contributed by atoms with Crippen molar-refractivity contribution in [2.45, 2.75) is 20.8 Å². The number of hydrogen-bond donors (Lipinski definition) is 0. The Morgan fingerprint density at radius 1 is 1.44 bits per heavy atom. The summed E-state index contributed by atoms with van der Waals surface area (Å²) in [5.41, 5.74) is 0. The number of hydrogen-bond acceptors (Lipinski definition) is 2. The Balaban J connectivity index is 3.72. The van der Waals surface area contributed by atoms with E-state index >= 15 is 0 Å². The van der Waals surface area contributed by atoms with E-state index < -0.39 is 0 Å². The molecule has 0 aromatic rings. The molecule has 0 saturated heterocycles. The molecule has 0 saturated carbocycles. The molecule has 0 aliphatic carbocycles. The monoisotopic (exact) mass is 128 g/mol. The first-order valence-electron chi connectivity index (χ1n) is 3.00. The Labute approximate surface area is 56.2 Å². The highest BCUT2D eigenvalue weighted by Gasteiger charge is 2.16. The standard InChI is InChI=1S/C7H12O2/c1-5(2)6(3)7(8)9-4/h4-6H,1-3H3. The Bertz CT molecular complexity index is 97.1. The van der Waals surface area contributed by atoms with Crippen molar-refractivity contribution in [3.8, 4) is 0 Å². The van der Waals surface area contributed by atoms with Crippen LogP contribution in [0, 0.1) is 18.9 Å². The normalized spacial score (nSPS) is 13.4. The molecule has 0 aliphatic heterocycles. The van der Waals surface area contributed by atoms with Gasteiger partial charge in [0.2, 0.25) is 0 Å². The molecule has 2 nitrogen and oxygen atoms in total. The lowest BCUT2D eigenvalue weighted by Gasteiger charge is -2.10. The molecule has 2 heteroatoms. The zero-order valence-electron chi connectivity index (χ0n) is 6.05. The van der Waals surface area contributed by atoms with E-state index in [1.165, 1.54) is 0 Å². The van der Waals surface area contributed by atoms with Gasteiger partial charge in [-0.1, -0.05) is 20.8 Å². The molecule has 0 heterocycles. The third kappa shape index (κ3) is 2.49. The van der Waals surface area contributed by atoms with E-state index in [1.807, 2.05) is 13.8 Å². The fraction of sp³-hybridized carbons (Fsp3) is 0.714. The lowest BCUT2D eigenvalue weighted by Crippen LogP contribution is -2.17. The van der Waals surface area contributed by atoms with Crippen LogP contribution < -0.4 is 0 Å². The van der Waals surface area contributed by atoms with Crippen LogP contribution in [-0.2, 0) is 9.53 Å². The van der Waals surface area contributed by atoms with Gasteiger partial charge in [0.15, 0.2) is 7.11 Å². The van der Waals surface area contributed by atoms with Gasteiger partial charge in [-0.05, 0) is 5.92 Å². The Kier molecular flexibility index (Phi) is 3.28. The van der Waals surface area contributed by atoms with Crippen molar-refractivity contribution in [2.75, 3.05) is 0 Å². The van der Waals surface area contributed by atoms with Crippen molar-refractivity contribution in [1.82, 2.24) is 0 Å². The summed E-state index contributed by atoms with van der Waals surface area (Å²) in [7, 11) is 4.66. The van der Waals surface area contributed by atoms with Gasteiger partial charge < -0.3 is 4.74 Å². The first-order valence-corrected chi connectivity index (χ1v) is 3.00. The number of ether oxygens (including phenoxy) is 1. The van der Waals surface area contributed by atoms with Crippen molar-refractivity contribution in [2.24, 2.45) is 11.8 Å². The molecular formula is C7H12O2. The third-order valence-corrected chi connectivity index (χ3v) is 1.49. The number of rotatable bonds is 2. The lowest BCUT2D eigenvalue weighted by molar-refractivity contribution is -0.143. The fourth-order valence-electron chi connectivity index (χ4n) is 0.379. The van der Waals surface area contributed by atoms with Crippen LogP contribution in [0.15, 0.2) is 0 Å². The SMILES string of the molecule is [CH]OC(=O)C(C)C(C)C. The van der Waals surface area contributed by atoms with E-state index in [0.29, 0.717) is 5.92 Å². The van der Waals surface area contributed by atoms with E-state index in [-0.39, 0.29) is 11.9 Å². The van der Waals surface area contributed by atoms with Gasteiger partial charge in [-0.15, -0.1) is 0 Å². The van der Waals surface area contributed by atoms with Crippen molar-refractivity contribution in [3.63, 3.8) is 0 Å². The fourth-order valence-corrected chi connectivity index (χ4v) is 0.379. The van der Waals surface area contributed by atoms with Gasteiger partial charge >= 0.3 is 5.97 Å². The van der Waals surface area contributed by atoms with Crippen LogP contribution in [0.4, 0.5) is 0 Å². The maximum atomic E-state index is 10.6. The van der Waals surface area contributed by atoms with Crippen LogP contribution in [0.3, 0.4) is 0 Å². The summed E-state index contributed by atoms with van der Waals surface area (Å²) in [6.07, 6.45) is 0. The highest BCUT2D eigenvalue weighted by Crippen LogP contribution is 2.10. The highest BCUT2D eigenvalue weighted by atomic mass is 16.5. The molecule has 52 valence electrons. The molecule has 0 fully saturated rings. The highest BCUT2D eigenvalue weighted by molar-refractivity contribution is 5.72. The number of carbonyl (C=O) groups is 1. The smallest absolute Gasteiger partial charge is 0.309 e. The summed E-state index contributed by atoms with van der Waals surface area (Å²) in [6, 6.07) is 0. The van der Waals surface area contributed by atoms with Gasteiger partial charge in [0.1, 0.15) is 0 Å². The van der Waals surface area contributed by atoms with Crippen LogP contribution in [0.2, 0.25) is 0 Å². The van der Waals surface area contributed by atoms with E-state index in [9.17, 15) is 4.79 Å². The first kappa shape index (κ1) is 8.47. The quantitative estimate of drug-likeness (QED) is 0.527. The minimum Gasteiger partial charge on any atom is -0.454 e. The van der Waals surface area contributed by atoms with Gasteiger partial charge in [0.25, 0.3) is 0 Å². The Morgan fingerprint density at radius 3 is 2.00 bits per heavy atom. The molecule has 0 aromatic heterocycles. The molecule has 0 spiro atoms. The van der Waals surface area contributed by atoms with Crippen LogP contribution in [0.1, 0.15) is 20.8 Å². The van der Waals surface area contributed by atoms with Crippen molar-refractivity contribution in [1.29, 1.82) is 0 Å². The average Bonchev–Trinajstić information content (AvgIpc) is 1.84. The molecule has 0 amide bonds. The zero-order chi connectivity index (χ0) is 7.44. The second-order valence-electron chi connectivity index (χ2n) is 2.47. The summed E-state index contributed by atoms with van der Waals surface area (Å²) in [6.45, 7) is 5.68. The van der Waals surface area contributed by atoms with Crippen molar-refractivity contribution < 1.29 is 9.53 Å². The van der Waals surface area contributed by atoms with E-state index in [0.717, 1.165) is 0 Å². The van der Waals surface area contributed by atoms with Crippen molar-refractivity contribution in [3.05, 3.63) is 7.11 Å². The van der Waals surface area contributed by atoms with Gasteiger partial charge in [0.05, 0.1) is 5.92 Å². The van der Waals surface area contributed by atoms with Gasteiger partial charge in [0, 0.05) is 0 Å². The zero-order valence-corrected chi connectivity index (χ0v) is 6.05. The maximum absolute atomic E-state index is 10.6. The van der Waals surface area contributed by atoms with Crippen LogP contribution in [0.5, 0.6) is 0 Å². The summed E-state index contributed by atoms with van der Waals surface area (Å²) in [5.74, 6) is -0.152. The minimum absolute atomic E-state index is 0.102. The van der Waals surface area contributed by atoms with E-state index in [1.54, 1.807) is 6.92 Å². The second-order valence-corrected chi connectivity index (χ2v) is 2.47. The van der Waals surface area contributed by atoms with Gasteiger partial charge in [-0.2, -0.15) is 0 Å². The molecule has 2 radical (unpaired) electrons. The average molecular weight is 128 g/mol. The topological polar surface area (TPSA) is 26.3 Å². The first-order chi connectivity index (χ1) is 4.09. The summed E-state index contributed by atoms with van der Waals surface area (Å²) in [4.78, 5) is 10.6. The second kappa shape index (κ2) is 3.49. The predicted octanol–water partition coefficient (Wildman–Crippen LogP) is 1.49. The number of esters is 1. The van der Waals surface area contributed by atoms with Gasteiger partial charge in [-0.3, -0.25) is 4.79 Å². The molecule has 0 rings (SSSR count). The van der Waals surface area contributed by atoms with Crippen LogP contribution in [-0.4, -0.2) is 5.97 Å². The lowest BCUT2D eigenvalue weighted by atomic mass is 9.99. The molecule has 1 atom stereocenters. The minimum atomic E-state index is -0.343. The third-order valence-electron chi connectivity index (χ3n) is 1.49. The molecule has 9 heavy (non-hydrogen) atoms. The van der Waals surface area contributed by atoms with Crippen LogP contribution in [0.25, 0.3) is 0 Å². The summed E-state index contributed by atoms with van der Waals surface area (Å²) >= 11 is 0. The Hall–Kier alpha value is -0.530. The van der Waals surface area contributed by atoms with Crippen LogP contribution >= 0.6 is 0 Å². The Morgan fingerprint density at radius 2 is 1.89 bits per heavy atom. The molecule has 0 N–H and O–H groups in total. The maximum Gasteiger partial charge on any atom is 0.309 e. The summed E-state index contributed by atoms with van der Waals surface area (Å²) < 4.78 is 4.03. The number of carbonyl (C=O) groups excluding carboxylic acids is 1. The summed E-state index contributed by atoms with van der Waals surface area (Å²) in [5, 5.41) is 0.